The van der Waals surface area contributed by atoms with Gasteiger partial charge in [-0.05, 0) is 54.4 Å². The van der Waals surface area contributed by atoms with Crippen molar-refractivity contribution >= 4 is 27.3 Å². The molecular weight excluding hydrogens is 296 g/mol. The summed E-state index contributed by atoms with van der Waals surface area (Å²) in [5, 5.41) is 0. The predicted octanol–water partition coefficient (Wildman–Crippen LogP) is 3.18. The molecule has 2 atom stereocenters. The molecule has 0 radical (unpaired) electrons. The molecule has 2 fully saturated rings. The minimum absolute atomic E-state index is 0.699. The summed E-state index contributed by atoms with van der Waals surface area (Å²) >= 11 is 5.42. The van der Waals surface area contributed by atoms with E-state index in [0.717, 1.165) is 12.6 Å². The molecule has 0 aliphatic carbocycles. The molecule has 2 aliphatic rings. The highest BCUT2D eigenvalue weighted by atomic mass is 79.9. The summed E-state index contributed by atoms with van der Waals surface area (Å²) in [4.78, 5) is 6.83. The summed E-state index contributed by atoms with van der Waals surface area (Å²) in [6.45, 7) is 7.35. The smallest absolute Gasteiger partial charge is 0.0701 e. The second-order valence-corrected chi connectivity index (χ2v) is 7.82. The topological polar surface area (TPSA) is 6.48 Å². The molecule has 17 heavy (non-hydrogen) atoms. The van der Waals surface area contributed by atoms with Crippen molar-refractivity contribution in [2.75, 3.05) is 19.6 Å². The van der Waals surface area contributed by atoms with Gasteiger partial charge in [-0.3, -0.25) is 9.80 Å². The van der Waals surface area contributed by atoms with Crippen molar-refractivity contribution in [1.82, 2.24) is 9.80 Å². The molecule has 3 rings (SSSR count). The van der Waals surface area contributed by atoms with Gasteiger partial charge in [0.15, 0.2) is 0 Å². The van der Waals surface area contributed by atoms with Crippen molar-refractivity contribution in [1.29, 1.82) is 0 Å². The van der Waals surface area contributed by atoms with Gasteiger partial charge in [0, 0.05) is 36.6 Å². The Kier molecular flexibility index (Phi) is 3.57. The van der Waals surface area contributed by atoms with E-state index < -0.39 is 0 Å². The first-order chi connectivity index (χ1) is 8.22. The van der Waals surface area contributed by atoms with Crippen LogP contribution in [0.15, 0.2) is 15.9 Å². The van der Waals surface area contributed by atoms with Crippen LogP contribution < -0.4 is 0 Å². The molecule has 0 N–H and O–H groups in total. The fourth-order valence-corrected chi connectivity index (χ4v) is 4.61. The summed E-state index contributed by atoms with van der Waals surface area (Å²) < 4.78 is 1.25. The number of hydrogen-bond donors (Lipinski definition) is 0. The van der Waals surface area contributed by atoms with Crippen LogP contribution in [0.1, 0.15) is 24.6 Å². The molecule has 0 amide bonds. The minimum Gasteiger partial charge on any atom is -0.298 e. The highest BCUT2D eigenvalue weighted by Gasteiger charge is 2.34. The number of thiophene rings is 1. The Balaban J connectivity index is 1.66. The normalized spacial score (nSPS) is 30.7. The maximum atomic E-state index is 3.55. The molecule has 0 aromatic carbocycles. The van der Waals surface area contributed by atoms with Crippen LogP contribution in [0.5, 0.6) is 0 Å². The third kappa shape index (κ3) is 2.60. The van der Waals surface area contributed by atoms with Crippen molar-refractivity contribution in [3.8, 4) is 0 Å². The second kappa shape index (κ2) is 5.00. The van der Waals surface area contributed by atoms with E-state index in [1.807, 2.05) is 11.3 Å². The van der Waals surface area contributed by atoms with Crippen LogP contribution in [-0.2, 0) is 6.54 Å². The monoisotopic (exact) mass is 314 g/mol. The van der Waals surface area contributed by atoms with Crippen LogP contribution in [0, 0.1) is 0 Å². The van der Waals surface area contributed by atoms with Crippen LogP contribution in [0.25, 0.3) is 0 Å². The molecule has 1 aromatic rings. The Labute approximate surface area is 116 Å². The van der Waals surface area contributed by atoms with Gasteiger partial charge in [-0.1, -0.05) is 0 Å². The van der Waals surface area contributed by atoms with Crippen molar-refractivity contribution in [3.63, 3.8) is 0 Å². The SMILES string of the molecule is C[C@H]1CN2CCC[C@H]2CN1Cc1ccc(Br)s1. The first kappa shape index (κ1) is 12.2. The fourth-order valence-electron chi connectivity index (χ4n) is 3.11. The molecule has 4 heteroatoms. The molecule has 0 unspecified atom stereocenters. The van der Waals surface area contributed by atoms with E-state index in [1.54, 1.807) is 0 Å². The fraction of sp³-hybridized carbons (Fsp3) is 0.692. The number of nitrogens with zero attached hydrogens (tertiary/aromatic N) is 2. The van der Waals surface area contributed by atoms with Crippen molar-refractivity contribution in [2.45, 2.75) is 38.4 Å². The Morgan fingerprint density at radius 2 is 2.29 bits per heavy atom. The zero-order chi connectivity index (χ0) is 11.8. The Bertz CT molecular complexity index is 393. The molecule has 94 valence electrons. The molecule has 2 nitrogen and oxygen atoms in total. The summed E-state index contributed by atoms with van der Waals surface area (Å²) in [6, 6.07) is 5.94. The van der Waals surface area contributed by atoms with Crippen LogP contribution in [0.2, 0.25) is 0 Å². The first-order valence-electron chi connectivity index (χ1n) is 6.44. The van der Waals surface area contributed by atoms with E-state index in [4.69, 9.17) is 0 Å². The summed E-state index contributed by atoms with van der Waals surface area (Å²) in [5.74, 6) is 0. The zero-order valence-electron chi connectivity index (χ0n) is 10.2. The van der Waals surface area contributed by atoms with E-state index in [9.17, 15) is 0 Å². The van der Waals surface area contributed by atoms with Gasteiger partial charge in [0.05, 0.1) is 3.79 Å². The van der Waals surface area contributed by atoms with Crippen molar-refractivity contribution in [3.05, 3.63) is 20.8 Å². The molecule has 0 saturated carbocycles. The van der Waals surface area contributed by atoms with Crippen molar-refractivity contribution < 1.29 is 0 Å². The summed E-state index contributed by atoms with van der Waals surface area (Å²) in [7, 11) is 0. The van der Waals surface area contributed by atoms with Gasteiger partial charge < -0.3 is 0 Å². The number of piperazine rings is 1. The Morgan fingerprint density at radius 3 is 3.06 bits per heavy atom. The van der Waals surface area contributed by atoms with Gasteiger partial charge >= 0.3 is 0 Å². The lowest BCUT2D eigenvalue weighted by Gasteiger charge is -2.42. The number of fused-ring (bicyclic) bond motifs is 1. The lowest BCUT2D eigenvalue weighted by atomic mass is 10.1. The zero-order valence-corrected chi connectivity index (χ0v) is 12.6. The van der Waals surface area contributed by atoms with Crippen LogP contribution >= 0.6 is 27.3 Å². The second-order valence-electron chi connectivity index (χ2n) is 5.28. The average Bonchev–Trinajstić information content (AvgIpc) is 2.88. The summed E-state index contributed by atoms with van der Waals surface area (Å²) in [6.07, 6.45) is 2.80. The molecule has 2 saturated heterocycles. The lowest BCUT2D eigenvalue weighted by molar-refractivity contribution is 0.0547. The van der Waals surface area contributed by atoms with Gasteiger partial charge in [0.1, 0.15) is 0 Å². The largest absolute Gasteiger partial charge is 0.298 e. The quantitative estimate of drug-likeness (QED) is 0.827. The first-order valence-corrected chi connectivity index (χ1v) is 8.05. The van der Waals surface area contributed by atoms with Crippen LogP contribution in [-0.4, -0.2) is 41.5 Å². The molecule has 1 aromatic heterocycles. The average molecular weight is 315 g/mol. The van der Waals surface area contributed by atoms with E-state index in [-0.39, 0.29) is 0 Å². The molecule has 0 bridgehead atoms. The minimum atomic E-state index is 0.699. The Morgan fingerprint density at radius 1 is 1.41 bits per heavy atom. The highest BCUT2D eigenvalue weighted by Crippen LogP contribution is 2.28. The third-order valence-electron chi connectivity index (χ3n) is 4.05. The Hall–Kier alpha value is 0.1000. The summed E-state index contributed by atoms with van der Waals surface area (Å²) in [5.41, 5.74) is 0. The molecule has 2 aliphatic heterocycles. The maximum absolute atomic E-state index is 3.55. The number of rotatable bonds is 2. The predicted molar refractivity (Wildman–Crippen MR) is 76.5 cm³/mol. The van der Waals surface area contributed by atoms with Gasteiger partial charge in [0.2, 0.25) is 0 Å². The van der Waals surface area contributed by atoms with Gasteiger partial charge in [-0.2, -0.15) is 0 Å². The third-order valence-corrected chi connectivity index (χ3v) is 5.66. The van der Waals surface area contributed by atoms with Crippen LogP contribution in [0.3, 0.4) is 0 Å². The van der Waals surface area contributed by atoms with Crippen molar-refractivity contribution in [2.24, 2.45) is 0 Å². The molecule has 3 heterocycles. The lowest BCUT2D eigenvalue weighted by Crippen LogP contribution is -2.54. The molecular formula is C13H19BrN2S. The van der Waals surface area contributed by atoms with E-state index in [1.165, 1.54) is 41.1 Å². The van der Waals surface area contributed by atoms with Gasteiger partial charge in [0.25, 0.3) is 0 Å². The van der Waals surface area contributed by atoms with Crippen LogP contribution in [0.4, 0.5) is 0 Å². The molecule has 0 spiro atoms. The maximum Gasteiger partial charge on any atom is 0.0701 e. The number of hydrogen-bond acceptors (Lipinski definition) is 3. The van der Waals surface area contributed by atoms with Gasteiger partial charge in [-0.25, -0.2) is 0 Å². The van der Waals surface area contributed by atoms with E-state index in [0.29, 0.717) is 6.04 Å². The van der Waals surface area contributed by atoms with E-state index in [2.05, 4.69) is 44.8 Å². The van der Waals surface area contributed by atoms with Gasteiger partial charge in [-0.15, -0.1) is 11.3 Å². The number of halogens is 1. The standard InChI is InChI=1S/C13H19BrN2S/c1-10-7-15-6-2-3-11(15)8-16(10)9-12-4-5-13(14)17-12/h4-5,10-11H,2-3,6-9H2,1H3/t10-,11-/m0/s1. The highest BCUT2D eigenvalue weighted by molar-refractivity contribution is 9.11. The van der Waals surface area contributed by atoms with E-state index >= 15 is 0 Å².